The van der Waals surface area contributed by atoms with Gasteiger partial charge in [0, 0.05) is 17.3 Å². The van der Waals surface area contributed by atoms with Crippen molar-refractivity contribution in [2.75, 3.05) is 18.4 Å². The van der Waals surface area contributed by atoms with Crippen LogP contribution in [0.2, 0.25) is 0 Å². The van der Waals surface area contributed by atoms with Crippen LogP contribution in [0.15, 0.2) is 6.33 Å². The third-order valence-electron chi connectivity index (χ3n) is 4.28. The lowest BCUT2D eigenvalue weighted by molar-refractivity contribution is 0.346. The van der Waals surface area contributed by atoms with Crippen LogP contribution in [0, 0.1) is 5.92 Å². The lowest BCUT2D eigenvalue weighted by atomic mass is 9.93. The standard InChI is InChI=1S/C14H22N4/c1-10(11-4-3-7-15-8-11)18-14-12-5-2-6-13(12)16-9-17-14/h9-11,15H,2-8H2,1H3,(H,16,17,18). The molecule has 2 aliphatic rings. The van der Waals surface area contributed by atoms with E-state index in [0.29, 0.717) is 12.0 Å². The zero-order chi connectivity index (χ0) is 12.4. The number of anilines is 1. The molecule has 0 radical (unpaired) electrons. The van der Waals surface area contributed by atoms with Gasteiger partial charge in [-0.25, -0.2) is 9.97 Å². The Hall–Kier alpha value is -1.16. The monoisotopic (exact) mass is 246 g/mol. The van der Waals surface area contributed by atoms with Crippen LogP contribution >= 0.6 is 0 Å². The maximum Gasteiger partial charge on any atom is 0.133 e. The smallest absolute Gasteiger partial charge is 0.133 e. The lowest BCUT2D eigenvalue weighted by Gasteiger charge is -2.29. The minimum Gasteiger partial charge on any atom is -0.367 e. The number of fused-ring (bicyclic) bond motifs is 1. The van der Waals surface area contributed by atoms with E-state index < -0.39 is 0 Å². The van der Waals surface area contributed by atoms with Crippen LogP contribution < -0.4 is 10.6 Å². The maximum absolute atomic E-state index is 4.44. The number of aryl methyl sites for hydroxylation is 1. The van der Waals surface area contributed by atoms with Gasteiger partial charge in [0.15, 0.2) is 0 Å². The fraction of sp³-hybridized carbons (Fsp3) is 0.714. The van der Waals surface area contributed by atoms with Gasteiger partial charge < -0.3 is 10.6 Å². The largest absolute Gasteiger partial charge is 0.367 e. The molecule has 2 heterocycles. The van der Waals surface area contributed by atoms with Gasteiger partial charge in [-0.2, -0.15) is 0 Å². The molecule has 1 aliphatic heterocycles. The summed E-state index contributed by atoms with van der Waals surface area (Å²) >= 11 is 0. The molecule has 4 nitrogen and oxygen atoms in total. The van der Waals surface area contributed by atoms with Crippen molar-refractivity contribution in [1.82, 2.24) is 15.3 Å². The second-order valence-corrected chi connectivity index (χ2v) is 5.54. The minimum atomic E-state index is 0.484. The Labute approximate surface area is 109 Å². The Kier molecular flexibility index (Phi) is 3.46. The van der Waals surface area contributed by atoms with Gasteiger partial charge in [-0.3, -0.25) is 0 Å². The number of hydrogen-bond acceptors (Lipinski definition) is 4. The molecule has 1 fully saturated rings. The van der Waals surface area contributed by atoms with Gasteiger partial charge in [-0.15, -0.1) is 0 Å². The van der Waals surface area contributed by atoms with Gasteiger partial charge in [0.1, 0.15) is 12.1 Å². The van der Waals surface area contributed by atoms with Crippen molar-refractivity contribution in [3.63, 3.8) is 0 Å². The molecule has 2 N–H and O–H groups in total. The molecule has 0 amide bonds. The Morgan fingerprint density at radius 3 is 3.11 bits per heavy atom. The molecule has 4 heteroatoms. The fourth-order valence-corrected chi connectivity index (χ4v) is 3.12. The summed E-state index contributed by atoms with van der Waals surface area (Å²) in [5.41, 5.74) is 2.61. The van der Waals surface area contributed by atoms with E-state index in [1.54, 1.807) is 6.33 Å². The summed E-state index contributed by atoms with van der Waals surface area (Å²) in [7, 11) is 0. The third-order valence-corrected chi connectivity index (χ3v) is 4.28. The van der Waals surface area contributed by atoms with Crippen LogP contribution in [0.5, 0.6) is 0 Å². The number of nitrogens with zero attached hydrogens (tertiary/aromatic N) is 2. The zero-order valence-electron chi connectivity index (χ0n) is 11.1. The zero-order valence-corrected chi connectivity index (χ0v) is 11.1. The van der Waals surface area contributed by atoms with Gasteiger partial charge in [0.05, 0.1) is 0 Å². The van der Waals surface area contributed by atoms with E-state index in [-0.39, 0.29) is 0 Å². The van der Waals surface area contributed by atoms with E-state index in [0.717, 1.165) is 25.2 Å². The summed E-state index contributed by atoms with van der Waals surface area (Å²) in [6.07, 6.45) is 7.79. The molecule has 98 valence electrons. The summed E-state index contributed by atoms with van der Waals surface area (Å²) in [5.74, 6) is 1.79. The molecule has 2 unspecified atom stereocenters. The summed E-state index contributed by atoms with van der Waals surface area (Å²) in [6, 6.07) is 0.484. The molecular weight excluding hydrogens is 224 g/mol. The number of piperidine rings is 1. The molecule has 0 spiro atoms. The first kappa shape index (κ1) is 11.9. The third kappa shape index (κ3) is 2.34. The first-order valence-electron chi connectivity index (χ1n) is 7.14. The van der Waals surface area contributed by atoms with Crippen LogP contribution in [0.3, 0.4) is 0 Å². The van der Waals surface area contributed by atoms with Gasteiger partial charge in [-0.1, -0.05) is 0 Å². The van der Waals surface area contributed by atoms with Crippen molar-refractivity contribution >= 4 is 5.82 Å². The topological polar surface area (TPSA) is 49.8 Å². The van der Waals surface area contributed by atoms with Crippen LogP contribution in [0.4, 0.5) is 5.82 Å². The molecule has 0 bridgehead atoms. The number of nitrogens with one attached hydrogen (secondary N) is 2. The van der Waals surface area contributed by atoms with E-state index in [2.05, 4.69) is 27.5 Å². The summed E-state index contributed by atoms with van der Waals surface area (Å²) in [5, 5.41) is 7.10. The van der Waals surface area contributed by atoms with Gasteiger partial charge >= 0.3 is 0 Å². The SMILES string of the molecule is CC(Nc1ncnc2c1CCC2)C1CCCNC1. The molecule has 2 atom stereocenters. The Morgan fingerprint density at radius 2 is 2.28 bits per heavy atom. The highest BCUT2D eigenvalue weighted by Gasteiger charge is 2.23. The molecule has 0 saturated carbocycles. The Morgan fingerprint density at radius 1 is 1.33 bits per heavy atom. The first-order valence-corrected chi connectivity index (χ1v) is 7.14. The normalized spacial score (nSPS) is 24.6. The van der Waals surface area contributed by atoms with Gasteiger partial charge in [0.2, 0.25) is 0 Å². The van der Waals surface area contributed by atoms with Gasteiger partial charge in [0.25, 0.3) is 0 Å². The van der Waals surface area contributed by atoms with Gasteiger partial charge in [-0.05, 0) is 58.0 Å². The van der Waals surface area contributed by atoms with Crippen LogP contribution in [0.1, 0.15) is 37.4 Å². The fourth-order valence-electron chi connectivity index (χ4n) is 3.12. The lowest BCUT2D eigenvalue weighted by Crippen LogP contribution is -2.39. The number of rotatable bonds is 3. The van der Waals surface area contributed by atoms with Crippen molar-refractivity contribution in [1.29, 1.82) is 0 Å². The predicted molar refractivity (Wildman–Crippen MR) is 72.7 cm³/mol. The quantitative estimate of drug-likeness (QED) is 0.853. The second kappa shape index (κ2) is 5.22. The van der Waals surface area contributed by atoms with E-state index in [1.165, 1.54) is 37.1 Å². The average molecular weight is 246 g/mol. The predicted octanol–water partition coefficient (Wildman–Crippen LogP) is 1.77. The molecule has 1 saturated heterocycles. The van der Waals surface area contributed by atoms with Crippen molar-refractivity contribution in [2.45, 2.75) is 45.1 Å². The van der Waals surface area contributed by atoms with E-state index in [9.17, 15) is 0 Å². The minimum absolute atomic E-state index is 0.484. The van der Waals surface area contributed by atoms with Crippen LogP contribution in [-0.2, 0) is 12.8 Å². The molecule has 0 aromatic carbocycles. The Balaban J connectivity index is 1.70. The second-order valence-electron chi connectivity index (χ2n) is 5.54. The molecule has 1 aliphatic carbocycles. The highest BCUT2D eigenvalue weighted by Crippen LogP contribution is 2.27. The molecule has 18 heavy (non-hydrogen) atoms. The van der Waals surface area contributed by atoms with Crippen molar-refractivity contribution in [3.8, 4) is 0 Å². The van der Waals surface area contributed by atoms with Crippen molar-refractivity contribution in [3.05, 3.63) is 17.6 Å². The highest BCUT2D eigenvalue weighted by atomic mass is 15.1. The average Bonchev–Trinajstić information content (AvgIpc) is 2.89. The van der Waals surface area contributed by atoms with Crippen molar-refractivity contribution in [2.24, 2.45) is 5.92 Å². The van der Waals surface area contributed by atoms with E-state index >= 15 is 0 Å². The molecule has 1 aromatic rings. The number of aromatic nitrogens is 2. The van der Waals surface area contributed by atoms with Crippen molar-refractivity contribution < 1.29 is 0 Å². The molecule has 3 rings (SSSR count). The van der Waals surface area contributed by atoms with Crippen LogP contribution in [-0.4, -0.2) is 29.1 Å². The van der Waals surface area contributed by atoms with Crippen LogP contribution in [0.25, 0.3) is 0 Å². The first-order chi connectivity index (χ1) is 8.84. The summed E-state index contributed by atoms with van der Waals surface area (Å²) in [6.45, 7) is 4.58. The summed E-state index contributed by atoms with van der Waals surface area (Å²) < 4.78 is 0. The number of hydrogen-bond donors (Lipinski definition) is 2. The maximum atomic E-state index is 4.44. The van der Waals surface area contributed by atoms with E-state index in [4.69, 9.17) is 0 Å². The Bertz CT molecular complexity index is 412. The van der Waals surface area contributed by atoms with E-state index in [1.807, 2.05) is 0 Å². The molecular formula is C14H22N4. The highest BCUT2D eigenvalue weighted by molar-refractivity contribution is 5.48. The molecule has 1 aromatic heterocycles. The summed E-state index contributed by atoms with van der Waals surface area (Å²) in [4.78, 5) is 8.82.